The SMILES string of the molecule is O=Cc1ccc(NCCO)cc1OC(F)(F)F. The van der Waals surface area contributed by atoms with Gasteiger partial charge >= 0.3 is 6.36 Å². The van der Waals surface area contributed by atoms with Crippen molar-refractivity contribution < 1.29 is 27.8 Å². The third kappa shape index (κ3) is 4.31. The van der Waals surface area contributed by atoms with Gasteiger partial charge in [0, 0.05) is 18.3 Å². The second kappa shape index (κ2) is 5.53. The average Bonchev–Trinajstić information content (AvgIpc) is 2.24. The van der Waals surface area contributed by atoms with E-state index in [1.54, 1.807) is 0 Å². The summed E-state index contributed by atoms with van der Waals surface area (Å²) in [5.41, 5.74) is 0.126. The van der Waals surface area contributed by atoms with Crippen LogP contribution in [-0.2, 0) is 0 Å². The van der Waals surface area contributed by atoms with Crippen molar-refractivity contribution in [3.8, 4) is 5.75 Å². The Bertz CT molecular complexity index is 393. The van der Waals surface area contributed by atoms with Gasteiger partial charge in [-0.15, -0.1) is 13.2 Å². The fraction of sp³-hybridized carbons (Fsp3) is 0.300. The summed E-state index contributed by atoms with van der Waals surface area (Å²) in [6.45, 7) is 0.0246. The Morgan fingerprint density at radius 3 is 2.65 bits per heavy atom. The quantitative estimate of drug-likeness (QED) is 0.781. The van der Waals surface area contributed by atoms with Crippen LogP contribution in [0.3, 0.4) is 0 Å². The van der Waals surface area contributed by atoms with Crippen molar-refractivity contribution in [2.45, 2.75) is 6.36 Å². The van der Waals surface area contributed by atoms with Gasteiger partial charge in [0.1, 0.15) is 5.75 Å². The minimum atomic E-state index is -4.85. The second-order valence-electron chi connectivity index (χ2n) is 3.07. The van der Waals surface area contributed by atoms with Gasteiger partial charge in [-0.1, -0.05) is 0 Å². The number of aldehydes is 1. The molecule has 17 heavy (non-hydrogen) atoms. The average molecular weight is 249 g/mol. The monoisotopic (exact) mass is 249 g/mol. The lowest BCUT2D eigenvalue weighted by Crippen LogP contribution is -2.18. The molecule has 0 aliphatic rings. The predicted molar refractivity (Wildman–Crippen MR) is 54.1 cm³/mol. The Hall–Kier alpha value is -1.76. The molecule has 0 aliphatic carbocycles. The molecule has 4 nitrogen and oxygen atoms in total. The van der Waals surface area contributed by atoms with Gasteiger partial charge in [-0.05, 0) is 12.1 Å². The van der Waals surface area contributed by atoms with E-state index in [2.05, 4.69) is 10.1 Å². The summed E-state index contributed by atoms with van der Waals surface area (Å²) >= 11 is 0. The van der Waals surface area contributed by atoms with Gasteiger partial charge in [-0.2, -0.15) is 0 Å². The zero-order valence-electron chi connectivity index (χ0n) is 8.62. The number of halogens is 3. The van der Waals surface area contributed by atoms with Gasteiger partial charge in [-0.25, -0.2) is 0 Å². The molecule has 1 aromatic carbocycles. The van der Waals surface area contributed by atoms with Gasteiger partial charge in [0.2, 0.25) is 0 Å². The molecule has 0 aliphatic heterocycles. The van der Waals surface area contributed by atoms with E-state index in [0.29, 0.717) is 5.69 Å². The van der Waals surface area contributed by atoms with Crippen LogP contribution in [0.4, 0.5) is 18.9 Å². The van der Waals surface area contributed by atoms with Crippen molar-refractivity contribution in [3.05, 3.63) is 23.8 Å². The number of nitrogens with one attached hydrogen (secondary N) is 1. The Morgan fingerprint density at radius 1 is 1.41 bits per heavy atom. The molecule has 7 heteroatoms. The summed E-state index contributed by atoms with van der Waals surface area (Å²) in [7, 11) is 0. The normalized spacial score (nSPS) is 11.1. The fourth-order valence-corrected chi connectivity index (χ4v) is 1.15. The van der Waals surface area contributed by atoms with Gasteiger partial charge in [-0.3, -0.25) is 4.79 Å². The van der Waals surface area contributed by atoms with E-state index >= 15 is 0 Å². The van der Waals surface area contributed by atoms with Crippen LogP contribution in [0.25, 0.3) is 0 Å². The van der Waals surface area contributed by atoms with Gasteiger partial charge in [0.15, 0.2) is 6.29 Å². The minimum absolute atomic E-state index is 0.162. The standard InChI is InChI=1S/C10H10F3NO3/c11-10(12,13)17-9-5-8(14-3-4-15)2-1-7(9)6-16/h1-2,5-6,14-15H,3-4H2. The molecule has 1 aromatic rings. The smallest absolute Gasteiger partial charge is 0.405 e. The lowest BCUT2D eigenvalue weighted by Gasteiger charge is -2.12. The Morgan fingerprint density at radius 2 is 2.12 bits per heavy atom. The first-order valence-electron chi connectivity index (χ1n) is 4.66. The second-order valence-corrected chi connectivity index (χ2v) is 3.07. The Balaban J connectivity index is 2.94. The molecule has 0 fully saturated rings. The molecule has 0 amide bonds. The number of aliphatic hydroxyl groups is 1. The number of carbonyl (C=O) groups is 1. The molecule has 2 N–H and O–H groups in total. The zero-order chi connectivity index (χ0) is 12.9. The number of ether oxygens (including phenoxy) is 1. The van der Waals surface area contributed by atoms with Crippen LogP contribution >= 0.6 is 0 Å². The maximum atomic E-state index is 12.0. The van der Waals surface area contributed by atoms with E-state index in [-0.39, 0.29) is 25.0 Å². The molecule has 94 valence electrons. The first-order valence-corrected chi connectivity index (χ1v) is 4.66. The molecule has 0 saturated carbocycles. The first-order chi connectivity index (χ1) is 7.96. The summed E-state index contributed by atoms with van der Waals surface area (Å²) in [4.78, 5) is 10.5. The minimum Gasteiger partial charge on any atom is -0.405 e. The summed E-state index contributed by atoms with van der Waals surface area (Å²) in [6.07, 6.45) is -4.58. The maximum Gasteiger partial charge on any atom is 0.573 e. The number of hydrogen-bond acceptors (Lipinski definition) is 4. The molecule has 0 spiro atoms. The Labute approximate surface area is 95.0 Å². The highest BCUT2D eigenvalue weighted by Crippen LogP contribution is 2.28. The van der Waals surface area contributed by atoms with E-state index in [1.165, 1.54) is 12.1 Å². The molecular formula is C10H10F3NO3. The molecular weight excluding hydrogens is 239 g/mol. The maximum absolute atomic E-state index is 12.0. The zero-order valence-corrected chi connectivity index (χ0v) is 8.62. The van der Waals surface area contributed by atoms with Crippen molar-refractivity contribution in [3.63, 3.8) is 0 Å². The highest BCUT2D eigenvalue weighted by Gasteiger charge is 2.32. The molecule has 0 atom stereocenters. The van der Waals surface area contributed by atoms with Crippen LogP contribution in [-0.4, -0.2) is 30.9 Å². The first kappa shape index (κ1) is 13.3. The van der Waals surface area contributed by atoms with Crippen LogP contribution < -0.4 is 10.1 Å². The van der Waals surface area contributed by atoms with Crippen LogP contribution in [0.5, 0.6) is 5.75 Å². The number of anilines is 1. The molecule has 0 saturated heterocycles. The topological polar surface area (TPSA) is 58.6 Å². The number of alkyl halides is 3. The van der Waals surface area contributed by atoms with Crippen LogP contribution in [0.15, 0.2) is 18.2 Å². The Kier molecular flexibility index (Phi) is 4.33. The van der Waals surface area contributed by atoms with Gasteiger partial charge in [0.25, 0.3) is 0 Å². The number of rotatable bonds is 5. The van der Waals surface area contributed by atoms with Crippen LogP contribution in [0, 0.1) is 0 Å². The molecule has 0 heterocycles. The van der Waals surface area contributed by atoms with E-state index in [0.717, 1.165) is 6.07 Å². The summed E-state index contributed by atoms with van der Waals surface area (Å²) in [6, 6.07) is 3.67. The highest BCUT2D eigenvalue weighted by molar-refractivity contribution is 5.80. The lowest BCUT2D eigenvalue weighted by atomic mass is 10.2. The van der Waals surface area contributed by atoms with Crippen LogP contribution in [0.2, 0.25) is 0 Å². The molecule has 0 bridgehead atoms. The largest absolute Gasteiger partial charge is 0.573 e. The van der Waals surface area contributed by atoms with E-state index < -0.39 is 12.1 Å². The van der Waals surface area contributed by atoms with Crippen molar-refractivity contribution in [2.24, 2.45) is 0 Å². The molecule has 0 radical (unpaired) electrons. The lowest BCUT2D eigenvalue weighted by molar-refractivity contribution is -0.274. The van der Waals surface area contributed by atoms with Crippen molar-refractivity contribution >= 4 is 12.0 Å². The van der Waals surface area contributed by atoms with Crippen molar-refractivity contribution in [2.75, 3.05) is 18.5 Å². The van der Waals surface area contributed by atoms with E-state index in [4.69, 9.17) is 5.11 Å². The van der Waals surface area contributed by atoms with E-state index in [1.807, 2.05) is 0 Å². The third-order valence-corrected chi connectivity index (χ3v) is 1.81. The summed E-state index contributed by atoms with van der Waals surface area (Å²) in [5.74, 6) is -0.574. The number of carbonyl (C=O) groups excluding carboxylic acids is 1. The third-order valence-electron chi connectivity index (χ3n) is 1.81. The van der Waals surface area contributed by atoms with Crippen molar-refractivity contribution in [1.82, 2.24) is 0 Å². The molecule has 1 rings (SSSR count). The number of aliphatic hydroxyl groups excluding tert-OH is 1. The summed E-state index contributed by atoms with van der Waals surface area (Å²) < 4.78 is 39.8. The fourth-order valence-electron chi connectivity index (χ4n) is 1.15. The number of benzene rings is 1. The van der Waals surface area contributed by atoms with Crippen LogP contribution in [0.1, 0.15) is 10.4 Å². The summed E-state index contributed by atoms with van der Waals surface area (Å²) in [5, 5.41) is 11.2. The van der Waals surface area contributed by atoms with E-state index in [9.17, 15) is 18.0 Å². The highest BCUT2D eigenvalue weighted by atomic mass is 19.4. The van der Waals surface area contributed by atoms with Gasteiger partial charge in [0.05, 0.1) is 12.2 Å². The molecule has 0 aromatic heterocycles. The van der Waals surface area contributed by atoms with Gasteiger partial charge < -0.3 is 15.2 Å². The molecule has 0 unspecified atom stereocenters. The predicted octanol–water partition coefficient (Wildman–Crippen LogP) is 1.80. The van der Waals surface area contributed by atoms with Crippen molar-refractivity contribution in [1.29, 1.82) is 0 Å². The number of hydrogen-bond donors (Lipinski definition) is 2.